The normalized spacial score (nSPS) is 12.2. The Labute approximate surface area is 250 Å². The van der Waals surface area contributed by atoms with Crippen molar-refractivity contribution in [2.45, 2.75) is 52.4 Å². The third kappa shape index (κ3) is 5.88. The Hall–Kier alpha value is -4.06. The molecule has 6 rings (SSSR count). The number of carbonyl (C=O) groups is 2. The summed E-state index contributed by atoms with van der Waals surface area (Å²) >= 11 is 0. The van der Waals surface area contributed by atoms with E-state index in [4.69, 9.17) is 9.47 Å². The van der Waals surface area contributed by atoms with Crippen LogP contribution in [0.5, 0.6) is 23.0 Å². The van der Waals surface area contributed by atoms with Crippen LogP contribution in [0.15, 0.2) is 72.8 Å². The van der Waals surface area contributed by atoms with Gasteiger partial charge in [0.15, 0.2) is 0 Å². The first kappa shape index (κ1) is 29.9. The molecule has 0 amide bonds. The molecule has 0 bridgehead atoms. The maximum Gasteiger partial charge on any atom is 2.00 e. The van der Waals surface area contributed by atoms with E-state index in [2.05, 4.69) is 0 Å². The predicted octanol–water partition coefficient (Wildman–Crippen LogP) is 5.74. The van der Waals surface area contributed by atoms with E-state index in [1.165, 1.54) is 0 Å². The van der Waals surface area contributed by atoms with Gasteiger partial charge >= 0.3 is 17.1 Å². The number of hydrogen-bond donors (Lipinski definition) is 0. The van der Waals surface area contributed by atoms with E-state index in [1.54, 1.807) is 0 Å². The average Bonchev–Trinajstić information content (AvgIpc) is 2.93. The number of carboxylic acids is 2. The molecule has 2 heterocycles. The van der Waals surface area contributed by atoms with Crippen molar-refractivity contribution >= 4 is 11.9 Å². The fraction of sp³-hybridized carbons (Fsp3) is 0.235. The molecular weight excluding hydrogens is 560 g/mol. The molecule has 7 heteroatoms. The smallest absolute Gasteiger partial charge is 0.545 e. The number of ether oxygens (including phenoxy) is 2. The summed E-state index contributed by atoms with van der Waals surface area (Å²) < 4.78 is 11.6. The quantitative estimate of drug-likeness (QED) is 0.243. The summed E-state index contributed by atoms with van der Waals surface area (Å²) in [6.07, 6.45) is 1.13. The van der Waals surface area contributed by atoms with Crippen LogP contribution in [0.1, 0.15) is 93.6 Å². The van der Waals surface area contributed by atoms with E-state index >= 15 is 0 Å². The zero-order valence-electron chi connectivity index (χ0n) is 23.3. The van der Waals surface area contributed by atoms with Gasteiger partial charge in [0.2, 0.25) is 0 Å². The second-order valence-electron chi connectivity index (χ2n) is 10.7. The van der Waals surface area contributed by atoms with E-state index < -0.39 is 11.9 Å². The largest absolute Gasteiger partial charge is 2.00 e. The summed E-state index contributed by atoms with van der Waals surface area (Å²) in [4.78, 5) is 23.1. The van der Waals surface area contributed by atoms with Crippen molar-refractivity contribution in [1.29, 1.82) is 0 Å². The summed E-state index contributed by atoms with van der Waals surface area (Å²) in [5.74, 6) is 0.820. The summed E-state index contributed by atoms with van der Waals surface area (Å²) in [6, 6.07) is 22.7. The van der Waals surface area contributed by atoms with Crippen molar-refractivity contribution in [2.24, 2.45) is 0 Å². The van der Waals surface area contributed by atoms with E-state index in [0.717, 1.165) is 44.9 Å². The summed E-state index contributed by atoms with van der Waals surface area (Å²) in [5.41, 5.74) is 5.61. The van der Waals surface area contributed by atoms with Gasteiger partial charge in [-0.3, -0.25) is 0 Å². The average molecular weight is 590 g/mol. The van der Waals surface area contributed by atoms with Crippen LogP contribution in [0.2, 0.25) is 0 Å². The zero-order chi connectivity index (χ0) is 28.6. The SMILES string of the molecule is CC(C)c1ccc2c(c1C(=O)[O-])Cc1ccccc1O2.CC(C)c1ccc2c(c1C(=O)[O-])Cc1ccccc1O2.[Fe+2]. The zero-order valence-corrected chi connectivity index (χ0v) is 24.4. The molecule has 210 valence electrons. The second kappa shape index (κ2) is 12.2. The summed E-state index contributed by atoms with van der Waals surface area (Å²) in [5, 5.41) is 23.1. The number of carbonyl (C=O) groups excluding carboxylic acids is 2. The van der Waals surface area contributed by atoms with Gasteiger partial charge in [-0.2, -0.15) is 0 Å². The first-order valence-corrected chi connectivity index (χ1v) is 13.4. The molecule has 2 aliphatic rings. The van der Waals surface area contributed by atoms with Crippen LogP contribution in [0.25, 0.3) is 0 Å². The molecule has 0 fully saturated rings. The molecule has 41 heavy (non-hydrogen) atoms. The molecule has 0 N–H and O–H groups in total. The van der Waals surface area contributed by atoms with Gasteiger partial charge in [-0.05, 0) is 58.4 Å². The van der Waals surface area contributed by atoms with E-state index in [9.17, 15) is 19.8 Å². The van der Waals surface area contributed by atoms with Gasteiger partial charge < -0.3 is 29.3 Å². The van der Waals surface area contributed by atoms with Gasteiger partial charge in [-0.1, -0.05) is 76.2 Å². The van der Waals surface area contributed by atoms with E-state index in [-0.39, 0.29) is 40.0 Å². The van der Waals surface area contributed by atoms with E-state index in [0.29, 0.717) is 24.3 Å². The van der Waals surface area contributed by atoms with E-state index in [1.807, 2.05) is 100 Å². The first-order chi connectivity index (χ1) is 19.2. The third-order valence-electron chi connectivity index (χ3n) is 7.38. The molecule has 2 aliphatic heterocycles. The van der Waals surface area contributed by atoms with Crippen molar-refractivity contribution in [2.75, 3.05) is 0 Å². The maximum atomic E-state index is 11.5. The minimum Gasteiger partial charge on any atom is -0.545 e. The predicted molar refractivity (Wildman–Crippen MR) is 148 cm³/mol. The van der Waals surface area contributed by atoms with Crippen LogP contribution in [0.4, 0.5) is 0 Å². The van der Waals surface area contributed by atoms with Crippen molar-refractivity contribution < 1.29 is 46.3 Å². The number of rotatable bonds is 4. The van der Waals surface area contributed by atoms with Crippen molar-refractivity contribution in [3.63, 3.8) is 0 Å². The monoisotopic (exact) mass is 590 g/mol. The second-order valence-corrected chi connectivity index (χ2v) is 10.7. The van der Waals surface area contributed by atoms with Crippen LogP contribution in [-0.2, 0) is 29.9 Å². The summed E-state index contributed by atoms with van der Waals surface area (Å²) in [7, 11) is 0. The van der Waals surface area contributed by atoms with Gasteiger partial charge in [0.25, 0.3) is 0 Å². The molecule has 0 atom stereocenters. The summed E-state index contributed by atoms with van der Waals surface area (Å²) in [6.45, 7) is 7.91. The Bertz CT molecular complexity index is 1500. The Morgan fingerprint density at radius 1 is 0.585 bits per heavy atom. The minimum atomic E-state index is -1.13. The van der Waals surface area contributed by atoms with Crippen molar-refractivity contribution in [3.8, 4) is 23.0 Å². The molecule has 4 aromatic rings. The number of carboxylic acid groups (broad SMARTS) is 2. The van der Waals surface area contributed by atoms with Crippen LogP contribution in [0.3, 0.4) is 0 Å². The molecule has 4 aromatic carbocycles. The van der Waals surface area contributed by atoms with Crippen molar-refractivity contribution in [1.82, 2.24) is 0 Å². The van der Waals surface area contributed by atoms with Gasteiger partial charge in [-0.25, -0.2) is 0 Å². The molecule has 0 saturated heterocycles. The number of aromatic carboxylic acids is 2. The number of benzene rings is 4. The van der Waals surface area contributed by atoms with Crippen LogP contribution in [-0.4, -0.2) is 11.9 Å². The molecule has 0 aliphatic carbocycles. The van der Waals surface area contributed by atoms with Gasteiger partial charge in [-0.15, -0.1) is 0 Å². The molecule has 0 unspecified atom stereocenters. The Morgan fingerprint density at radius 2 is 0.951 bits per heavy atom. The molecular formula is C34H30FeO6. The Kier molecular flexibility index (Phi) is 8.91. The first-order valence-electron chi connectivity index (χ1n) is 13.4. The van der Waals surface area contributed by atoms with Crippen molar-refractivity contribution in [3.05, 3.63) is 117 Å². The third-order valence-corrected chi connectivity index (χ3v) is 7.38. The van der Waals surface area contributed by atoms with Gasteiger partial charge in [0, 0.05) is 35.1 Å². The minimum absolute atomic E-state index is 0. The fourth-order valence-electron chi connectivity index (χ4n) is 5.40. The van der Waals surface area contributed by atoms with Gasteiger partial charge in [0.1, 0.15) is 23.0 Å². The van der Waals surface area contributed by atoms with Crippen LogP contribution in [0, 0.1) is 0 Å². The Morgan fingerprint density at radius 3 is 1.29 bits per heavy atom. The number of hydrogen-bond acceptors (Lipinski definition) is 6. The maximum absolute atomic E-state index is 11.5. The number of para-hydroxylation sites is 2. The topological polar surface area (TPSA) is 98.7 Å². The molecule has 0 saturated carbocycles. The van der Waals surface area contributed by atoms with Crippen LogP contribution >= 0.6 is 0 Å². The Balaban J connectivity index is 0.000000184. The number of fused-ring (bicyclic) bond motifs is 4. The molecule has 0 spiro atoms. The molecule has 6 nitrogen and oxygen atoms in total. The van der Waals surface area contributed by atoms with Crippen LogP contribution < -0.4 is 19.7 Å². The molecule has 0 aromatic heterocycles. The standard InChI is InChI=1S/2C17H16O3.Fe/c2*1-10(2)12-7-8-15-13(16(12)17(18)19)9-11-5-3-4-6-14(11)20-15;/h2*3-8,10H,9H2,1-2H3,(H,18,19);/q;;+2/p-2. The fourth-order valence-corrected chi connectivity index (χ4v) is 5.40. The molecule has 0 radical (unpaired) electrons. The van der Waals surface area contributed by atoms with Gasteiger partial charge in [0.05, 0.1) is 11.9 Å².